The SMILES string of the molecule is Cc1ccccc1-c1noc(CN2C(=O)NC(C)(c3cccc4ccccc34)C2=O)n1. The maximum atomic E-state index is 13.4. The molecule has 2 heterocycles. The van der Waals surface area contributed by atoms with Crippen LogP contribution in [0.15, 0.2) is 71.3 Å². The number of hydrogen-bond donors (Lipinski definition) is 1. The van der Waals surface area contributed by atoms with E-state index in [1.165, 1.54) is 0 Å². The highest BCUT2D eigenvalue weighted by Crippen LogP contribution is 2.34. The number of nitrogens with one attached hydrogen (secondary N) is 1. The minimum absolute atomic E-state index is 0.0933. The quantitative estimate of drug-likeness (QED) is 0.509. The second-order valence-corrected chi connectivity index (χ2v) is 7.80. The molecule has 4 aromatic rings. The fourth-order valence-electron chi connectivity index (χ4n) is 4.07. The maximum Gasteiger partial charge on any atom is 0.325 e. The maximum absolute atomic E-state index is 13.4. The first-order valence-electron chi connectivity index (χ1n) is 9.98. The van der Waals surface area contributed by atoms with E-state index < -0.39 is 11.6 Å². The molecule has 1 aromatic heterocycles. The molecule has 31 heavy (non-hydrogen) atoms. The predicted octanol–water partition coefficient (Wildman–Crippen LogP) is 4.17. The zero-order valence-corrected chi connectivity index (χ0v) is 17.1. The lowest BCUT2D eigenvalue weighted by atomic mass is 9.88. The summed E-state index contributed by atoms with van der Waals surface area (Å²) in [6.45, 7) is 3.59. The molecule has 0 saturated carbocycles. The van der Waals surface area contributed by atoms with Crippen molar-refractivity contribution in [3.8, 4) is 11.4 Å². The Kier molecular flexibility index (Phi) is 4.32. The number of carbonyl (C=O) groups is 2. The van der Waals surface area contributed by atoms with Crippen molar-refractivity contribution in [2.45, 2.75) is 25.9 Å². The van der Waals surface area contributed by atoms with Crippen LogP contribution in [0.3, 0.4) is 0 Å². The number of aromatic nitrogens is 2. The van der Waals surface area contributed by atoms with E-state index >= 15 is 0 Å². The number of aryl methyl sites for hydroxylation is 1. The van der Waals surface area contributed by atoms with Crippen LogP contribution in [0.25, 0.3) is 22.2 Å². The normalized spacial score (nSPS) is 18.6. The fourth-order valence-corrected chi connectivity index (χ4v) is 4.07. The zero-order chi connectivity index (χ0) is 21.6. The van der Waals surface area contributed by atoms with E-state index in [9.17, 15) is 9.59 Å². The van der Waals surface area contributed by atoms with E-state index in [2.05, 4.69) is 15.5 Å². The average Bonchev–Trinajstić information content (AvgIpc) is 3.32. The Balaban J connectivity index is 1.45. The highest BCUT2D eigenvalue weighted by molar-refractivity contribution is 6.09. The van der Waals surface area contributed by atoms with Gasteiger partial charge in [-0.2, -0.15) is 4.98 Å². The number of benzene rings is 3. The molecule has 1 aliphatic rings. The van der Waals surface area contributed by atoms with Gasteiger partial charge in [0.2, 0.25) is 11.7 Å². The summed E-state index contributed by atoms with van der Waals surface area (Å²) in [5.74, 6) is 0.269. The van der Waals surface area contributed by atoms with Gasteiger partial charge < -0.3 is 9.84 Å². The van der Waals surface area contributed by atoms with Crippen LogP contribution in [0.4, 0.5) is 4.79 Å². The molecule has 1 unspecified atom stereocenters. The first-order valence-corrected chi connectivity index (χ1v) is 9.98. The van der Waals surface area contributed by atoms with Crippen LogP contribution in [-0.4, -0.2) is 27.0 Å². The third-order valence-electron chi connectivity index (χ3n) is 5.75. The van der Waals surface area contributed by atoms with Gasteiger partial charge in [0.1, 0.15) is 12.1 Å². The molecule has 5 rings (SSSR count). The highest BCUT2D eigenvalue weighted by Gasteiger charge is 2.50. The van der Waals surface area contributed by atoms with Crippen molar-refractivity contribution in [3.63, 3.8) is 0 Å². The lowest BCUT2D eigenvalue weighted by Crippen LogP contribution is -2.41. The number of amides is 3. The molecule has 1 aliphatic heterocycles. The number of hydrogen-bond acceptors (Lipinski definition) is 5. The molecule has 0 spiro atoms. The van der Waals surface area contributed by atoms with Crippen LogP contribution in [0.2, 0.25) is 0 Å². The molecule has 3 aromatic carbocycles. The lowest BCUT2D eigenvalue weighted by Gasteiger charge is -2.23. The van der Waals surface area contributed by atoms with Gasteiger partial charge in [-0.1, -0.05) is 71.9 Å². The molecule has 1 atom stereocenters. The van der Waals surface area contributed by atoms with E-state index in [1.807, 2.05) is 73.7 Å². The molecule has 7 heteroatoms. The number of nitrogens with zero attached hydrogens (tertiary/aromatic N) is 3. The van der Waals surface area contributed by atoms with Crippen molar-refractivity contribution in [2.24, 2.45) is 0 Å². The minimum atomic E-state index is -1.18. The first-order chi connectivity index (χ1) is 15.0. The molecule has 7 nitrogen and oxygen atoms in total. The molecule has 0 aliphatic carbocycles. The Morgan fingerprint density at radius 1 is 1.00 bits per heavy atom. The van der Waals surface area contributed by atoms with Crippen molar-refractivity contribution in [3.05, 3.63) is 83.7 Å². The molecule has 0 radical (unpaired) electrons. The molecule has 1 saturated heterocycles. The summed E-state index contributed by atoms with van der Waals surface area (Å²) in [5.41, 5.74) is 1.41. The third-order valence-corrected chi connectivity index (χ3v) is 5.75. The molecular weight excluding hydrogens is 392 g/mol. The summed E-state index contributed by atoms with van der Waals surface area (Å²) in [6.07, 6.45) is 0. The molecular formula is C24H20N4O3. The van der Waals surface area contributed by atoms with Crippen LogP contribution >= 0.6 is 0 Å². The van der Waals surface area contributed by atoms with Gasteiger partial charge >= 0.3 is 6.03 Å². The number of carbonyl (C=O) groups excluding carboxylic acids is 2. The van der Waals surface area contributed by atoms with Crippen LogP contribution in [0.5, 0.6) is 0 Å². The van der Waals surface area contributed by atoms with Crippen molar-refractivity contribution >= 4 is 22.7 Å². The number of urea groups is 1. The van der Waals surface area contributed by atoms with E-state index in [-0.39, 0.29) is 18.3 Å². The van der Waals surface area contributed by atoms with Gasteiger partial charge in [-0.15, -0.1) is 0 Å². The summed E-state index contributed by atoms with van der Waals surface area (Å²) in [4.78, 5) is 31.6. The van der Waals surface area contributed by atoms with Gasteiger partial charge in [0.05, 0.1) is 0 Å². The van der Waals surface area contributed by atoms with Crippen LogP contribution < -0.4 is 5.32 Å². The Bertz CT molecular complexity index is 1320. The van der Waals surface area contributed by atoms with Crippen molar-refractivity contribution < 1.29 is 14.1 Å². The Hall–Kier alpha value is -4.00. The van der Waals surface area contributed by atoms with Crippen molar-refractivity contribution in [1.82, 2.24) is 20.4 Å². The summed E-state index contributed by atoms with van der Waals surface area (Å²) in [5, 5.41) is 8.79. The number of imide groups is 1. The largest absolute Gasteiger partial charge is 0.337 e. The molecule has 3 amide bonds. The number of rotatable bonds is 4. The Labute approximate surface area is 178 Å². The van der Waals surface area contributed by atoms with Crippen molar-refractivity contribution in [1.29, 1.82) is 0 Å². The second-order valence-electron chi connectivity index (χ2n) is 7.80. The second kappa shape index (κ2) is 7.05. The van der Waals surface area contributed by atoms with Crippen LogP contribution in [0, 0.1) is 6.92 Å². The van der Waals surface area contributed by atoms with E-state index in [4.69, 9.17) is 4.52 Å². The summed E-state index contributed by atoms with van der Waals surface area (Å²) < 4.78 is 5.34. The first kappa shape index (κ1) is 19.0. The monoisotopic (exact) mass is 412 g/mol. The Morgan fingerprint density at radius 3 is 2.58 bits per heavy atom. The van der Waals surface area contributed by atoms with Gasteiger partial charge in [0.15, 0.2) is 0 Å². The number of fused-ring (bicyclic) bond motifs is 1. The molecule has 0 bridgehead atoms. The van der Waals surface area contributed by atoms with Gasteiger partial charge in [-0.05, 0) is 35.7 Å². The van der Waals surface area contributed by atoms with Crippen molar-refractivity contribution in [2.75, 3.05) is 0 Å². The zero-order valence-electron chi connectivity index (χ0n) is 17.1. The highest BCUT2D eigenvalue weighted by atomic mass is 16.5. The van der Waals surface area contributed by atoms with E-state index in [1.54, 1.807) is 6.92 Å². The summed E-state index contributed by atoms with van der Waals surface area (Å²) >= 11 is 0. The van der Waals surface area contributed by atoms with Gasteiger partial charge in [-0.25, -0.2) is 4.79 Å². The van der Waals surface area contributed by atoms with Gasteiger partial charge in [0.25, 0.3) is 5.91 Å². The van der Waals surface area contributed by atoms with Gasteiger partial charge in [0, 0.05) is 5.56 Å². The average molecular weight is 412 g/mol. The lowest BCUT2D eigenvalue weighted by molar-refractivity contribution is -0.131. The van der Waals surface area contributed by atoms with E-state index in [0.717, 1.165) is 32.4 Å². The Morgan fingerprint density at radius 2 is 1.74 bits per heavy atom. The molecule has 1 fully saturated rings. The van der Waals surface area contributed by atoms with Gasteiger partial charge in [-0.3, -0.25) is 9.69 Å². The van der Waals surface area contributed by atoms with Crippen LogP contribution in [-0.2, 0) is 16.9 Å². The summed E-state index contributed by atoms with van der Waals surface area (Å²) in [6, 6.07) is 20.7. The smallest absolute Gasteiger partial charge is 0.325 e. The predicted molar refractivity (Wildman–Crippen MR) is 115 cm³/mol. The third kappa shape index (κ3) is 3.06. The topological polar surface area (TPSA) is 88.3 Å². The molecule has 154 valence electrons. The summed E-state index contributed by atoms with van der Waals surface area (Å²) in [7, 11) is 0. The fraction of sp³-hybridized carbons (Fsp3) is 0.167. The molecule has 1 N–H and O–H groups in total. The van der Waals surface area contributed by atoms with Crippen LogP contribution in [0.1, 0.15) is 23.9 Å². The van der Waals surface area contributed by atoms with E-state index in [0.29, 0.717) is 5.82 Å². The standard InChI is InChI=1S/C24H20N4O3/c1-15-8-3-5-11-17(15)21-25-20(31-27-21)14-28-22(29)24(2,26-23(28)30)19-13-7-10-16-9-4-6-12-18(16)19/h3-13H,14H2,1-2H3,(H,26,30). The minimum Gasteiger partial charge on any atom is -0.337 e.